The van der Waals surface area contributed by atoms with Gasteiger partial charge in [-0.25, -0.2) is 4.98 Å². The lowest BCUT2D eigenvalue weighted by Crippen LogP contribution is -1.99. The fourth-order valence-electron chi connectivity index (χ4n) is 2.65. The standard InChI is InChI=1S/C17H19N3O3S/c1-4-19-17-20-12-11(8-10-6-5-7-18-9-10)14(22-2)13(21)15(23-3)16(12)24-17/h5-7,9,21H,4,8H2,1-3H3,(H,19,20). The normalized spacial score (nSPS) is 10.8. The zero-order chi connectivity index (χ0) is 17.1. The molecular weight excluding hydrogens is 326 g/mol. The third-order valence-corrected chi connectivity index (χ3v) is 4.68. The van der Waals surface area contributed by atoms with Gasteiger partial charge in [-0.15, -0.1) is 0 Å². The minimum atomic E-state index is -0.00177. The van der Waals surface area contributed by atoms with Crippen molar-refractivity contribution in [2.24, 2.45) is 0 Å². The molecular formula is C17H19N3O3S. The van der Waals surface area contributed by atoms with E-state index in [4.69, 9.17) is 9.47 Å². The smallest absolute Gasteiger partial charge is 0.202 e. The number of thiazole rings is 1. The molecule has 0 aliphatic heterocycles. The summed E-state index contributed by atoms with van der Waals surface area (Å²) in [6.45, 7) is 2.78. The molecule has 7 heteroatoms. The lowest BCUT2D eigenvalue weighted by molar-refractivity contribution is 0.341. The summed E-state index contributed by atoms with van der Waals surface area (Å²) >= 11 is 1.45. The molecule has 0 saturated heterocycles. The summed E-state index contributed by atoms with van der Waals surface area (Å²) in [5.41, 5.74) is 2.60. The van der Waals surface area contributed by atoms with Crippen molar-refractivity contribution in [3.05, 3.63) is 35.7 Å². The number of aromatic nitrogens is 2. The molecule has 0 bridgehead atoms. The second-order valence-corrected chi connectivity index (χ2v) is 6.16. The number of anilines is 1. The third-order valence-electron chi connectivity index (χ3n) is 3.66. The quantitative estimate of drug-likeness (QED) is 0.713. The number of hydrogen-bond donors (Lipinski definition) is 2. The van der Waals surface area contributed by atoms with Crippen molar-refractivity contribution in [1.29, 1.82) is 0 Å². The van der Waals surface area contributed by atoms with Crippen molar-refractivity contribution < 1.29 is 14.6 Å². The molecule has 24 heavy (non-hydrogen) atoms. The van der Waals surface area contributed by atoms with Crippen LogP contribution < -0.4 is 14.8 Å². The molecule has 0 saturated carbocycles. The zero-order valence-corrected chi connectivity index (χ0v) is 14.6. The van der Waals surface area contributed by atoms with Gasteiger partial charge in [-0.1, -0.05) is 17.4 Å². The molecule has 3 aromatic rings. The number of nitrogens with zero attached hydrogens (tertiary/aromatic N) is 2. The van der Waals surface area contributed by atoms with Crippen molar-refractivity contribution >= 4 is 26.7 Å². The first-order chi connectivity index (χ1) is 11.7. The molecule has 1 aromatic carbocycles. The fraction of sp³-hybridized carbons (Fsp3) is 0.294. The Labute approximate surface area is 144 Å². The maximum absolute atomic E-state index is 10.6. The maximum atomic E-state index is 10.6. The number of nitrogens with one attached hydrogen (secondary N) is 1. The molecule has 0 unspecified atom stereocenters. The van der Waals surface area contributed by atoms with E-state index in [0.717, 1.165) is 33.0 Å². The number of phenolic OH excluding ortho intramolecular Hbond substituents is 1. The van der Waals surface area contributed by atoms with Crippen molar-refractivity contribution in [3.63, 3.8) is 0 Å². The van der Waals surface area contributed by atoms with Gasteiger partial charge < -0.3 is 19.9 Å². The first-order valence-corrected chi connectivity index (χ1v) is 8.40. The Kier molecular flexibility index (Phi) is 4.71. The van der Waals surface area contributed by atoms with E-state index in [-0.39, 0.29) is 5.75 Å². The first kappa shape index (κ1) is 16.3. The molecule has 0 fully saturated rings. The van der Waals surface area contributed by atoms with E-state index in [0.29, 0.717) is 17.9 Å². The molecule has 2 heterocycles. The summed E-state index contributed by atoms with van der Waals surface area (Å²) in [6.07, 6.45) is 4.08. The lowest BCUT2D eigenvalue weighted by Gasteiger charge is -2.14. The Morgan fingerprint density at radius 2 is 2.04 bits per heavy atom. The van der Waals surface area contributed by atoms with Gasteiger partial charge in [-0.2, -0.15) is 0 Å². The number of benzene rings is 1. The Hall–Kier alpha value is -2.54. The predicted octanol–water partition coefficient (Wildman–Crippen LogP) is 3.44. The summed E-state index contributed by atoms with van der Waals surface area (Å²) < 4.78 is 11.7. The van der Waals surface area contributed by atoms with E-state index in [1.54, 1.807) is 12.4 Å². The van der Waals surface area contributed by atoms with Crippen LogP contribution in [0.1, 0.15) is 18.1 Å². The molecule has 0 radical (unpaired) electrons. The molecule has 0 aliphatic rings. The molecule has 2 N–H and O–H groups in total. The van der Waals surface area contributed by atoms with Crippen molar-refractivity contribution in [3.8, 4) is 17.2 Å². The van der Waals surface area contributed by atoms with Crippen LogP contribution in [0, 0.1) is 0 Å². The van der Waals surface area contributed by atoms with E-state index >= 15 is 0 Å². The summed E-state index contributed by atoms with van der Waals surface area (Å²) in [5, 5.41) is 14.6. The van der Waals surface area contributed by atoms with Crippen LogP contribution in [-0.2, 0) is 6.42 Å². The highest BCUT2D eigenvalue weighted by molar-refractivity contribution is 7.22. The van der Waals surface area contributed by atoms with Gasteiger partial charge in [0, 0.05) is 30.9 Å². The van der Waals surface area contributed by atoms with Crippen molar-refractivity contribution in [2.45, 2.75) is 13.3 Å². The van der Waals surface area contributed by atoms with Crippen LogP contribution in [0.2, 0.25) is 0 Å². The van der Waals surface area contributed by atoms with Gasteiger partial charge in [0.2, 0.25) is 5.75 Å². The number of rotatable bonds is 6. The minimum Gasteiger partial charge on any atom is -0.502 e. The van der Waals surface area contributed by atoms with Crippen LogP contribution in [0.15, 0.2) is 24.5 Å². The molecule has 2 aromatic heterocycles. The number of fused-ring (bicyclic) bond motifs is 1. The second kappa shape index (κ2) is 6.92. The van der Waals surface area contributed by atoms with Crippen LogP contribution in [-0.4, -0.2) is 35.8 Å². The van der Waals surface area contributed by atoms with Gasteiger partial charge in [-0.05, 0) is 18.6 Å². The fourth-order valence-corrected chi connectivity index (χ4v) is 3.73. The minimum absolute atomic E-state index is 0.00177. The third kappa shape index (κ3) is 2.82. The average molecular weight is 345 g/mol. The Morgan fingerprint density at radius 1 is 1.25 bits per heavy atom. The van der Waals surface area contributed by atoms with Crippen LogP contribution >= 0.6 is 11.3 Å². The van der Waals surface area contributed by atoms with Gasteiger partial charge >= 0.3 is 0 Å². The lowest BCUT2D eigenvalue weighted by atomic mass is 10.0. The van der Waals surface area contributed by atoms with Crippen molar-refractivity contribution in [1.82, 2.24) is 9.97 Å². The highest BCUT2D eigenvalue weighted by Crippen LogP contribution is 2.49. The number of methoxy groups -OCH3 is 2. The van der Waals surface area contributed by atoms with Crippen LogP contribution in [0.5, 0.6) is 17.2 Å². The molecule has 6 nitrogen and oxygen atoms in total. The SMILES string of the molecule is CCNc1nc2c(Cc3cccnc3)c(OC)c(O)c(OC)c2s1. The number of ether oxygens (including phenoxy) is 2. The topological polar surface area (TPSA) is 76.5 Å². The highest BCUT2D eigenvalue weighted by Gasteiger charge is 2.24. The van der Waals surface area contributed by atoms with E-state index < -0.39 is 0 Å². The van der Waals surface area contributed by atoms with E-state index in [9.17, 15) is 5.11 Å². The number of aromatic hydroxyl groups is 1. The Morgan fingerprint density at radius 3 is 2.67 bits per heavy atom. The summed E-state index contributed by atoms with van der Waals surface area (Å²) in [6, 6.07) is 3.87. The van der Waals surface area contributed by atoms with Gasteiger partial charge in [0.25, 0.3) is 0 Å². The van der Waals surface area contributed by atoms with Gasteiger partial charge in [-0.3, -0.25) is 4.98 Å². The van der Waals surface area contributed by atoms with Gasteiger partial charge in [0.05, 0.1) is 19.7 Å². The Balaban J connectivity index is 2.24. The van der Waals surface area contributed by atoms with E-state index in [1.807, 2.05) is 19.1 Å². The van der Waals surface area contributed by atoms with Gasteiger partial charge in [0.15, 0.2) is 16.6 Å². The Bertz CT molecular complexity index is 849. The predicted molar refractivity (Wildman–Crippen MR) is 95.6 cm³/mol. The first-order valence-electron chi connectivity index (χ1n) is 7.58. The number of phenols is 1. The molecule has 126 valence electrons. The maximum Gasteiger partial charge on any atom is 0.202 e. The van der Waals surface area contributed by atoms with Gasteiger partial charge in [0.1, 0.15) is 4.70 Å². The number of pyridine rings is 1. The molecule has 0 aliphatic carbocycles. The van der Waals surface area contributed by atoms with E-state index in [1.165, 1.54) is 25.6 Å². The highest BCUT2D eigenvalue weighted by atomic mass is 32.1. The van der Waals surface area contributed by atoms with Crippen molar-refractivity contribution in [2.75, 3.05) is 26.1 Å². The molecule has 3 rings (SSSR count). The largest absolute Gasteiger partial charge is 0.502 e. The van der Waals surface area contributed by atoms with Crippen LogP contribution in [0.3, 0.4) is 0 Å². The summed E-state index contributed by atoms with van der Waals surface area (Å²) in [4.78, 5) is 8.82. The van der Waals surface area contributed by atoms with Crippen LogP contribution in [0.25, 0.3) is 10.2 Å². The molecule has 0 amide bonds. The second-order valence-electron chi connectivity index (χ2n) is 5.16. The molecule has 0 spiro atoms. The monoisotopic (exact) mass is 345 g/mol. The average Bonchev–Trinajstić information content (AvgIpc) is 3.00. The summed E-state index contributed by atoms with van der Waals surface area (Å²) in [5.74, 6) is 0.771. The summed E-state index contributed by atoms with van der Waals surface area (Å²) in [7, 11) is 3.06. The number of hydrogen-bond acceptors (Lipinski definition) is 7. The zero-order valence-electron chi connectivity index (χ0n) is 13.8. The van der Waals surface area contributed by atoms with E-state index in [2.05, 4.69) is 15.3 Å². The molecule has 0 atom stereocenters. The van der Waals surface area contributed by atoms with Crippen LogP contribution in [0.4, 0.5) is 5.13 Å².